The number of rotatable bonds is 5. The van der Waals surface area contributed by atoms with E-state index in [1.54, 1.807) is 12.1 Å². The van der Waals surface area contributed by atoms with E-state index in [9.17, 15) is 14.9 Å². The number of nitro benzene ring substituents is 1. The molecule has 2 saturated heterocycles. The lowest BCUT2D eigenvalue weighted by Gasteiger charge is -2.49. The molecule has 0 spiro atoms. The van der Waals surface area contributed by atoms with Gasteiger partial charge in [-0.2, -0.15) is 0 Å². The van der Waals surface area contributed by atoms with Gasteiger partial charge in [0.05, 0.1) is 4.92 Å². The maximum Gasteiger partial charge on any atom is 0.270 e. The van der Waals surface area contributed by atoms with Gasteiger partial charge in [0.1, 0.15) is 0 Å². The molecule has 4 rings (SSSR count). The number of aryl methyl sites for hydroxylation is 1. The quantitative estimate of drug-likeness (QED) is 0.610. The van der Waals surface area contributed by atoms with Crippen molar-refractivity contribution in [2.24, 2.45) is 0 Å². The lowest BCUT2D eigenvalue weighted by Crippen LogP contribution is -2.56. The second-order valence-electron chi connectivity index (χ2n) is 8.35. The summed E-state index contributed by atoms with van der Waals surface area (Å²) in [6.07, 6.45) is 5.43. The molecule has 2 aliphatic rings. The molecule has 2 aliphatic heterocycles. The third-order valence-corrected chi connectivity index (χ3v) is 6.27. The van der Waals surface area contributed by atoms with Crippen LogP contribution in [0.4, 0.5) is 5.69 Å². The van der Waals surface area contributed by atoms with Gasteiger partial charge in [-0.05, 0) is 44.2 Å². The normalized spacial score (nSPS) is 24.1. The lowest BCUT2D eigenvalue weighted by atomic mass is 9.81. The van der Waals surface area contributed by atoms with Crippen molar-refractivity contribution in [3.63, 3.8) is 0 Å². The van der Waals surface area contributed by atoms with Crippen LogP contribution in [0.3, 0.4) is 0 Å². The molecule has 0 saturated carbocycles. The van der Waals surface area contributed by atoms with Crippen LogP contribution in [0, 0.1) is 17.0 Å². The van der Waals surface area contributed by atoms with Gasteiger partial charge in [-0.15, -0.1) is 0 Å². The minimum atomic E-state index is -0.468. The van der Waals surface area contributed by atoms with Gasteiger partial charge in [0.2, 0.25) is 0 Å². The molecule has 1 amide bonds. The molecule has 2 heterocycles. The molecule has 1 N–H and O–H groups in total. The molecule has 0 aromatic heterocycles. The Hall–Kier alpha value is -2.73. The number of piperidine rings is 2. The smallest absolute Gasteiger partial charge is 0.270 e. The average Bonchev–Trinajstić information content (AvgIpc) is 2.70. The van der Waals surface area contributed by atoms with E-state index >= 15 is 0 Å². The van der Waals surface area contributed by atoms with Crippen molar-refractivity contribution in [3.8, 4) is 0 Å². The number of non-ortho nitro benzene ring substituents is 1. The summed E-state index contributed by atoms with van der Waals surface area (Å²) in [6.45, 7) is 3.06. The van der Waals surface area contributed by atoms with E-state index in [4.69, 9.17) is 0 Å². The Morgan fingerprint density at radius 2 is 1.83 bits per heavy atom. The van der Waals surface area contributed by atoms with E-state index in [-0.39, 0.29) is 17.6 Å². The predicted octanol–water partition coefficient (Wildman–Crippen LogP) is 4.22. The van der Waals surface area contributed by atoms with Crippen LogP contribution in [0.5, 0.6) is 0 Å². The molecule has 3 atom stereocenters. The largest absolute Gasteiger partial charge is 0.349 e. The standard InChI is InChI=1S/C23H27N3O3/c1-16-8-10-17(11-9-16)15-25-20-5-3-6-21(25)14-19(13-20)24-23(27)18-4-2-7-22(12-18)26(28)29/h2,4,7-12,19-21H,3,5-6,13-15H2,1H3,(H,24,27)/t19?,20-,21+. The topological polar surface area (TPSA) is 75.5 Å². The van der Waals surface area contributed by atoms with E-state index in [0.717, 1.165) is 32.2 Å². The summed E-state index contributed by atoms with van der Waals surface area (Å²) in [7, 11) is 0. The number of nitro groups is 1. The second-order valence-corrected chi connectivity index (χ2v) is 8.35. The molecular formula is C23H27N3O3. The van der Waals surface area contributed by atoms with Crippen LogP contribution < -0.4 is 5.32 Å². The molecule has 0 radical (unpaired) electrons. The van der Waals surface area contributed by atoms with Crippen molar-refractivity contribution < 1.29 is 9.72 Å². The summed E-state index contributed by atoms with van der Waals surface area (Å²) in [5, 5.41) is 14.1. The Labute approximate surface area is 171 Å². The highest BCUT2D eigenvalue weighted by atomic mass is 16.6. The Morgan fingerprint density at radius 1 is 1.14 bits per heavy atom. The van der Waals surface area contributed by atoms with Crippen LogP contribution in [-0.4, -0.2) is 33.9 Å². The average molecular weight is 393 g/mol. The SMILES string of the molecule is Cc1ccc(CN2[C@@H]3CCC[C@H]2CC(NC(=O)c2cccc([N+](=O)[O-])c2)C3)cc1. The number of amides is 1. The Bertz CT molecular complexity index is 882. The Morgan fingerprint density at radius 3 is 2.48 bits per heavy atom. The number of carbonyl (C=O) groups is 1. The van der Waals surface area contributed by atoms with E-state index in [0.29, 0.717) is 17.6 Å². The number of fused-ring (bicyclic) bond motifs is 2. The summed E-state index contributed by atoms with van der Waals surface area (Å²) in [4.78, 5) is 25.8. The fourth-order valence-corrected chi connectivity index (χ4v) is 4.79. The van der Waals surface area contributed by atoms with Crippen LogP contribution in [0.25, 0.3) is 0 Å². The first-order valence-electron chi connectivity index (χ1n) is 10.4. The molecule has 1 unspecified atom stereocenters. The molecule has 2 aromatic rings. The second kappa shape index (κ2) is 8.33. The summed E-state index contributed by atoms with van der Waals surface area (Å²) in [6, 6.07) is 15.8. The van der Waals surface area contributed by atoms with Gasteiger partial charge in [-0.1, -0.05) is 42.3 Å². The number of hydrogen-bond donors (Lipinski definition) is 1. The van der Waals surface area contributed by atoms with E-state index in [2.05, 4.69) is 41.4 Å². The van der Waals surface area contributed by atoms with E-state index < -0.39 is 4.92 Å². The van der Waals surface area contributed by atoms with Crippen LogP contribution in [0.2, 0.25) is 0 Å². The van der Waals surface area contributed by atoms with Gasteiger partial charge in [0, 0.05) is 42.4 Å². The molecule has 152 valence electrons. The van der Waals surface area contributed by atoms with E-state index in [1.165, 1.54) is 29.7 Å². The third kappa shape index (κ3) is 4.48. The first kappa shape index (κ1) is 19.6. The zero-order valence-electron chi connectivity index (χ0n) is 16.7. The van der Waals surface area contributed by atoms with Crippen molar-refractivity contribution in [1.82, 2.24) is 10.2 Å². The molecule has 6 nitrogen and oxygen atoms in total. The third-order valence-electron chi connectivity index (χ3n) is 6.27. The van der Waals surface area contributed by atoms with Crippen molar-refractivity contribution in [1.29, 1.82) is 0 Å². The van der Waals surface area contributed by atoms with Crippen LogP contribution >= 0.6 is 0 Å². The fourth-order valence-electron chi connectivity index (χ4n) is 4.79. The van der Waals surface area contributed by atoms with Crippen molar-refractivity contribution >= 4 is 11.6 Å². The Balaban J connectivity index is 1.42. The summed E-state index contributed by atoms with van der Waals surface area (Å²) >= 11 is 0. The fraction of sp³-hybridized carbons (Fsp3) is 0.435. The number of hydrogen-bond acceptors (Lipinski definition) is 4. The van der Waals surface area contributed by atoms with Crippen molar-refractivity contribution in [2.45, 2.75) is 63.7 Å². The zero-order valence-corrected chi connectivity index (χ0v) is 16.7. The van der Waals surface area contributed by atoms with Crippen LogP contribution in [0.1, 0.15) is 53.6 Å². The lowest BCUT2D eigenvalue weighted by molar-refractivity contribution is -0.384. The maximum absolute atomic E-state index is 12.7. The van der Waals surface area contributed by atoms with Crippen molar-refractivity contribution in [3.05, 3.63) is 75.3 Å². The van der Waals surface area contributed by atoms with Gasteiger partial charge in [0.15, 0.2) is 0 Å². The number of nitrogens with zero attached hydrogens (tertiary/aromatic N) is 2. The molecule has 29 heavy (non-hydrogen) atoms. The Kier molecular flexibility index (Phi) is 5.62. The van der Waals surface area contributed by atoms with Gasteiger partial charge in [-0.25, -0.2) is 0 Å². The number of nitrogens with one attached hydrogen (secondary N) is 1. The molecule has 6 heteroatoms. The number of benzene rings is 2. The molecule has 0 aliphatic carbocycles. The molecule has 2 bridgehead atoms. The highest BCUT2D eigenvalue weighted by Crippen LogP contribution is 2.35. The first-order valence-corrected chi connectivity index (χ1v) is 10.4. The summed E-state index contributed by atoms with van der Waals surface area (Å²) < 4.78 is 0. The highest BCUT2D eigenvalue weighted by Gasteiger charge is 2.38. The monoisotopic (exact) mass is 393 g/mol. The maximum atomic E-state index is 12.7. The minimum absolute atomic E-state index is 0.0533. The molecular weight excluding hydrogens is 366 g/mol. The molecule has 2 fully saturated rings. The van der Waals surface area contributed by atoms with Gasteiger partial charge >= 0.3 is 0 Å². The highest BCUT2D eigenvalue weighted by molar-refractivity contribution is 5.95. The minimum Gasteiger partial charge on any atom is -0.349 e. The van der Waals surface area contributed by atoms with Gasteiger partial charge < -0.3 is 5.32 Å². The molecule has 2 aromatic carbocycles. The van der Waals surface area contributed by atoms with Crippen LogP contribution in [0.15, 0.2) is 48.5 Å². The number of carbonyl (C=O) groups excluding carboxylic acids is 1. The van der Waals surface area contributed by atoms with Crippen molar-refractivity contribution in [2.75, 3.05) is 0 Å². The first-order chi connectivity index (χ1) is 14.0. The van der Waals surface area contributed by atoms with Crippen LogP contribution in [-0.2, 0) is 6.54 Å². The predicted molar refractivity (Wildman–Crippen MR) is 112 cm³/mol. The van der Waals surface area contributed by atoms with Gasteiger partial charge in [0.25, 0.3) is 11.6 Å². The van der Waals surface area contributed by atoms with Gasteiger partial charge in [-0.3, -0.25) is 19.8 Å². The summed E-state index contributed by atoms with van der Waals surface area (Å²) in [5.74, 6) is -0.219. The summed E-state index contributed by atoms with van der Waals surface area (Å²) in [5.41, 5.74) is 2.91. The zero-order chi connectivity index (χ0) is 20.4. The van der Waals surface area contributed by atoms with E-state index in [1.807, 2.05) is 0 Å².